The molecule has 0 aliphatic carbocycles. The van der Waals surface area contributed by atoms with Crippen molar-refractivity contribution in [1.82, 2.24) is 19.9 Å². The van der Waals surface area contributed by atoms with Gasteiger partial charge in [0.1, 0.15) is 22.4 Å². The highest BCUT2D eigenvalue weighted by atomic mass is 32.1. The first-order valence-electron chi connectivity index (χ1n) is 5.30. The van der Waals surface area contributed by atoms with Gasteiger partial charge in [0.25, 0.3) is 0 Å². The van der Waals surface area contributed by atoms with Crippen molar-refractivity contribution in [1.29, 1.82) is 0 Å². The zero-order valence-electron chi connectivity index (χ0n) is 9.07. The van der Waals surface area contributed by atoms with Gasteiger partial charge >= 0.3 is 0 Å². The molecule has 0 aliphatic rings. The van der Waals surface area contributed by atoms with Crippen molar-refractivity contribution in [2.24, 2.45) is 0 Å². The molecule has 6 heteroatoms. The molecular formula is C12H6N4S2. The largest absolute Gasteiger partial charge is 0.252 e. The maximum Gasteiger partial charge on any atom is 0.118 e. The Bertz CT molecular complexity index is 777. The second kappa shape index (κ2) is 3.79. The summed E-state index contributed by atoms with van der Waals surface area (Å²) < 4.78 is 2.24. The van der Waals surface area contributed by atoms with Crippen molar-refractivity contribution in [2.75, 3.05) is 0 Å². The summed E-state index contributed by atoms with van der Waals surface area (Å²) in [7, 11) is 0. The van der Waals surface area contributed by atoms with Crippen molar-refractivity contribution >= 4 is 43.1 Å². The van der Waals surface area contributed by atoms with Crippen LogP contribution < -0.4 is 0 Å². The number of nitrogens with zero attached hydrogens (tertiary/aromatic N) is 4. The molecule has 0 fully saturated rings. The van der Waals surface area contributed by atoms with E-state index < -0.39 is 0 Å². The van der Waals surface area contributed by atoms with E-state index in [0.717, 1.165) is 31.8 Å². The van der Waals surface area contributed by atoms with E-state index in [0.29, 0.717) is 0 Å². The van der Waals surface area contributed by atoms with E-state index >= 15 is 0 Å². The summed E-state index contributed by atoms with van der Waals surface area (Å²) in [5.41, 5.74) is 7.08. The van der Waals surface area contributed by atoms with Gasteiger partial charge in [0.2, 0.25) is 0 Å². The molecule has 4 rings (SSSR count). The average molecular weight is 270 g/mol. The SMILES string of the molecule is c1cc2scnc2c(-c2nccc3scnc23)n1. The van der Waals surface area contributed by atoms with Gasteiger partial charge in [0.05, 0.1) is 20.4 Å². The smallest absolute Gasteiger partial charge is 0.118 e. The van der Waals surface area contributed by atoms with Gasteiger partial charge in [-0.1, -0.05) is 0 Å². The molecule has 0 unspecified atom stereocenters. The van der Waals surface area contributed by atoms with E-state index in [1.54, 1.807) is 35.1 Å². The molecule has 4 aromatic rings. The molecule has 4 heterocycles. The lowest BCUT2D eigenvalue weighted by Gasteiger charge is -2.01. The Hall–Kier alpha value is -1.92. The first-order valence-corrected chi connectivity index (χ1v) is 7.06. The summed E-state index contributed by atoms with van der Waals surface area (Å²) in [4.78, 5) is 17.6. The number of hydrogen-bond acceptors (Lipinski definition) is 6. The molecule has 0 saturated heterocycles. The number of thiazole rings is 2. The maximum atomic E-state index is 4.43. The molecule has 0 bridgehead atoms. The molecule has 4 nitrogen and oxygen atoms in total. The number of pyridine rings is 2. The van der Waals surface area contributed by atoms with E-state index in [-0.39, 0.29) is 0 Å². The molecule has 0 radical (unpaired) electrons. The van der Waals surface area contributed by atoms with Crippen LogP contribution in [0.15, 0.2) is 35.5 Å². The average Bonchev–Trinajstić information content (AvgIpc) is 3.06. The summed E-state index contributed by atoms with van der Waals surface area (Å²) in [6.45, 7) is 0. The Morgan fingerprint density at radius 2 is 1.17 bits per heavy atom. The van der Waals surface area contributed by atoms with Crippen molar-refractivity contribution in [2.45, 2.75) is 0 Å². The third-order valence-electron chi connectivity index (χ3n) is 2.72. The van der Waals surface area contributed by atoms with Gasteiger partial charge in [-0.2, -0.15) is 0 Å². The first kappa shape index (κ1) is 10.0. The number of hydrogen-bond donors (Lipinski definition) is 0. The van der Waals surface area contributed by atoms with Crippen LogP contribution in [0.5, 0.6) is 0 Å². The predicted molar refractivity (Wildman–Crippen MR) is 73.8 cm³/mol. The third-order valence-corrected chi connectivity index (χ3v) is 4.31. The van der Waals surface area contributed by atoms with Crippen LogP contribution >= 0.6 is 22.7 Å². The molecule has 4 aromatic heterocycles. The Balaban J connectivity index is 2.13. The fourth-order valence-corrected chi connectivity index (χ4v) is 3.27. The van der Waals surface area contributed by atoms with Gasteiger partial charge in [0.15, 0.2) is 0 Å². The van der Waals surface area contributed by atoms with E-state index in [1.165, 1.54) is 0 Å². The van der Waals surface area contributed by atoms with E-state index in [4.69, 9.17) is 0 Å². The van der Waals surface area contributed by atoms with Crippen LogP contribution in [-0.4, -0.2) is 19.9 Å². The monoisotopic (exact) mass is 270 g/mol. The lowest BCUT2D eigenvalue weighted by molar-refractivity contribution is 1.26. The van der Waals surface area contributed by atoms with Crippen LogP contribution in [-0.2, 0) is 0 Å². The van der Waals surface area contributed by atoms with Crippen molar-refractivity contribution in [3.05, 3.63) is 35.5 Å². The standard InChI is InChI=1S/C12H6N4S2/c1-3-13-11(9-7(1)17-5-15-9)12-10-8(2-4-14-12)18-6-16-10/h1-6H. The fourth-order valence-electron chi connectivity index (χ4n) is 1.93. The number of rotatable bonds is 1. The van der Waals surface area contributed by atoms with Gasteiger partial charge in [0, 0.05) is 12.4 Å². The molecule has 0 saturated carbocycles. The zero-order valence-corrected chi connectivity index (χ0v) is 10.7. The highest BCUT2D eigenvalue weighted by Gasteiger charge is 2.13. The molecule has 0 N–H and O–H groups in total. The molecular weight excluding hydrogens is 264 g/mol. The lowest BCUT2D eigenvalue weighted by atomic mass is 10.2. The summed E-state index contributed by atoms with van der Waals surface area (Å²) in [5, 5.41) is 0. The molecule has 86 valence electrons. The fraction of sp³-hybridized carbons (Fsp3) is 0. The second-order valence-corrected chi connectivity index (χ2v) is 5.49. The topological polar surface area (TPSA) is 51.6 Å². The van der Waals surface area contributed by atoms with E-state index in [9.17, 15) is 0 Å². The Kier molecular flexibility index (Phi) is 2.12. The third kappa shape index (κ3) is 1.36. The van der Waals surface area contributed by atoms with Crippen LogP contribution in [0.3, 0.4) is 0 Å². The van der Waals surface area contributed by atoms with Crippen molar-refractivity contribution in [3.8, 4) is 11.4 Å². The van der Waals surface area contributed by atoms with Gasteiger partial charge in [-0.15, -0.1) is 22.7 Å². The predicted octanol–water partition coefficient (Wildman–Crippen LogP) is 3.36. The summed E-state index contributed by atoms with van der Waals surface area (Å²) in [6.07, 6.45) is 3.59. The van der Waals surface area contributed by atoms with Gasteiger partial charge < -0.3 is 0 Å². The van der Waals surface area contributed by atoms with E-state index in [1.807, 2.05) is 23.2 Å². The highest BCUT2D eigenvalue weighted by molar-refractivity contribution is 7.17. The molecule has 0 spiro atoms. The minimum absolute atomic E-state index is 0.810. The first-order chi connectivity index (χ1) is 8.93. The molecule has 0 atom stereocenters. The highest BCUT2D eigenvalue weighted by Crippen LogP contribution is 2.31. The van der Waals surface area contributed by atoms with Crippen molar-refractivity contribution < 1.29 is 0 Å². The minimum atomic E-state index is 0.810. The molecule has 18 heavy (non-hydrogen) atoms. The lowest BCUT2D eigenvalue weighted by Crippen LogP contribution is -1.89. The molecule has 0 amide bonds. The van der Waals surface area contributed by atoms with Crippen LogP contribution in [0.4, 0.5) is 0 Å². The molecule has 0 aromatic carbocycles. The van der Waals surface area contributed by atoms with Crippen LogP contribution in [0, 0.1) is 0 Å². The second-order valence-electron chi connectivity index (χ2n) is 3.72. The van der Waals surface area contributed by atoms with E-state index in [2.05, 4.69) is 19.9 Å². The van der Waals surface area contributed by atoms with Gasteiger partial charge in [-0.05, 0) is 12.1 Å². The van der Waals surface area contributed by atoms with Gasteiger partial charge in [-0.25, -0.2) is 9.97 Å². The quantitative estimate of drug-likeness (QED) is 0.532. The van der Waals surface area contributed by atoms with Crippen molar-refractivity contribution in [3.63, 3.8) is 0 Å². The summed E-state index contributed by atoms with van der Waals surface area (Å²) in [5.74, 6) is 0. The Morgan fingerprint density at radius 3 is 1.67 bits per heavy atom. The Labute approximate surface area is 110 Å². The maximum absolute atomic E-state index is 4.43. The van der Waals surface area contributed by atoms with Crippen LogP contribution in [0.2, 0.25) is 0 Å². The summed E-state index contributed by atoms with van der Waals surface area (Å²) >= 11 is 3.21. The van der Waals surface area contributed by atoms with Gasteiger partial charge in [-0.3, -0.25) is 9.97 Å². The minimum Gasteiger partial charge on any atom is -0.252 e. The summed E-state index contributed by atoms with van der Waals surface area (Å²) in [6, 6.07) is 3.94. The normalized spacial score (nSPS) is 11.3. The molecule has 0 aliphatic heterocycles. The number of fused-ring (bicyclic) bond motifs is 2. The van der Waals surface area contributed by atoms with Crippen LogP contribution in [0.1, 0.15) is 0 Å². The van der Waals surface area contributed by atoms with Crippen LogP contribution in [0.25, 0.3) is 31.8 Å². The number of aromatic nitrogens is 4. The Morgan fingerprint density at radius 1 is 0.667 bits per heavy atom. The zero-order chi connectivity index (χ0) is 11.9.